The van der Waals surface area contributed by atoms with Gasteiger partial charge in [-0.15, -0.1) is 0 Å². The first kappa shape index (κ1) is 22.9. The molecule has 3 heterocycles. The van der Waals surface area contributed by atoms with Gasteiger partial charge in [-0.2, -0.15) is 0 Å². The van der Waals surface area contributed by atoms with E-state index in [9.17, 15) is 14.4 Å². The van der Waals surface area contributed by atoms with Crippen molar-refractivity contribution in [3.05, 3.63) is 83.3 Å². The van der Waals surface area contributed by atoms with E-state index < -0.39 is 11.9 Å². The third-order valence-corrected chi connectivity index (χ3v) is 5.60. The molecule has 0 spiro atoms. The maximum atomic E-state index is 13.0. The van der Waals surface area contributed by atoms with Gasteiger partial charge in [0.1, 0.15) is 11.1 Å². The van der Waals surface area contributed by atoms with Crippen molar-refractivity contribution in [1.29, 1.82) is 0 Å². The SMILES string of the molecule is COc1ccc(-c2ccc3oc4ccc(=O)n(-c5ccc(NC(=O)COC(C)=O)cc5)c4c3c2)cn1. The van der Waals surface area contributed by atoms with Gasteiger partial charge in [0.15, 0.2) is 12.2 Å². The Balaban J connectivity index is 1.55. The minimum atomic E-state index is -0.535. The molecule has 5 rings (SSSR count). The van der Waals surface area contributed by atoms with Crippen LogP contribution in [0.1, 0.15) is 6.92 Å². The normalized spacial score (nSPS) is 10.9. The molecule has 0 bridgehead atoms. The number of esters is 1. The fourth-order valence-electron chi connectivity index (χ4n) is 3.94. The highest BCUT2D eigenvalue weighted by Gasteiger charge is 2.15. The van der Waals surface area contributed by atoms with Crippen molar-refractivity contribution in [2.75, 3.05) is 19.0 Å². The second-order valence-electron chi connectivity index (χ2n) is 8.00. The average molecular weight is 483 g/mol. The van der Waals surface area contributed by atoms with Crippen molar-refractivity contribution in [2.24, 2.45) is 0 Å². The Hall–Kier alpha value is -4.92. The smallest absolute Gasteiger partial charge is 0.303 e. The molecule has 1 amide bonds. The van der Waals surface area contributed by atoms with Crippen LogP contribution < -0.4 is 15.6 Å². The summed E-state index contributed by atoms with van der Waals surface area (Å²) in [5, 5.41) is 3.42. The third kappa shape index (κ3) is 4.41. The molecule has 0 radical (unpaired) electrons. The van der Waals surface area contributed by atoms with Crippen molar-refractivity contribution >= 4 is 39.6 Å². The Kier molecular flexibility index (Phi) is 5.95. The Morgan fingerprint density at radius 3 is 2.42 bits per heavy atom. The second-order valence-corrected chi connectivity index (χ2v) is 8.00. The largest absolute Gasteiger partial charge is 0.481 e. The number of furan rings is 1. The lowest BCUT2D eigenvalue weighted by molar-refractivity contribution is -0.144. The van der Waals surface area contributed by atoms with Gasteiger partial charge in [0.25, 0.3) is 11.5 Å². The van der Waals surface area contributed by atoms with Crippen molar-refractivity contribution in [1.82, 2.24) is 9.55 Å². The molecule has 9 nitrogen and oxygen atoms in total. The number of nitrogens with zero attached hydrogens (tertiary/aromatic N) is 2. The van der Waals surface area contributed by atoms with Crippen LogP contribution in [0.4, 0.5) is 5.69 Å². The molecule has 0 saturated carbocycles. The number of hydrogen-bond donors (Lipinski definition) is 1. The van der Waals surface area contributed by atoms with Crippen molar-refractivity contribution in [3.63, 3.8) is 0 Å². The van der Waals surface area contributed by atoms with Gasteiger partial charge in [0, 0.05) is 47.6 Å². The molecule has 5 aromatic rings. The minimum Gasteiger partial charge on any atom is -0.481 e. The lowest BCUT2D eigenvalue weighted by Gasteiger charge is -2.10. The van der Waals surface area contributed by atoms with Crippen LogP contribution in [0.15, 0.2) is 82.1 Å². The van der Waals surface area contributed by atoms with E-state index in [1.807, 2.05) is 24.3 Å². The molecule has 0 aliphatic heterocycles. The highest BCUT2D eigenvalue weighted by molar-refractivity contribution is 6.05. The summed E-state index contributed by atoms with van der Waals surface area (Å²) >= 11 is 0. The predicted octanol–water partition coefficient (Wildman–Crippen LogP) is 4.31. The number of carbonyl (C=O) groups is 2. The lowest BCUT2D eigenvalue weighted by atomic mass is 10.1. The van der Waals surface area contributed by atoms with Gasteiger partial charge in [-0.25, -0.2) is 4.98 Å². The molecular weight excluding hydrogens is 462 g/mol. The first-order chi connectivity index (χ1) is 17.4. The lowest BCUT2D eigenvalue weighted by Crippen LogP contribution is -2.20. The van der Waals surface area contributed by atoms with Crippen LogP contribution in [0.2, 0.25) is 0 Å². The number of rotatable bonds is 6. The molecule has 1 N–H and O–H groups in total. The van der Waals surface area contributed by atoms with E-state index in [0.29, 0.717) is 33.9 Å². The van der Waals surface area contributed by atoms with Crippen LogP contribution in [0, 0.1) is 0 Å². The number of benzene rings is 2. The van der Waals surface area contributed by atoms with E-state index in [1.165, 1.54) is 13.0 Å². The third-order valence-electron chi connectivity index (χ3n) is 5.60. The molecule has 2 aromatic carbocycles. The predicted molar refractivity (Wildman–Crippen MR) is 134 cm³/mol. The molecule has 0 atom stereocenters. The molecule has 0 aliphatic rings. The number of amides is 1. The van der Waals surface area contributed by atoms with E-state index in [1.54, 1.807) is 54.3 Å². The summed E-state index contributed by atoms with van der Waals surface area (Å²) < 4.78 is 17.4. The maximum Gasteiger partial charge on any atom is 0.303 e. The molecule has 180 valence electrons. The van der Waals surface area contributed by atoms with E-state index in [2.05, 4.69) is 10.3 Å². The standard InChI is InChI=1S/C27H21N3O6/c1-16(31)35-15-24(32)29-19-5-7-20(8-6-19)30-26(33)12-10-23-27(30)21-13-17(3-9-22(21)36-23)18-4-11-25(34-2)28-14-18/h3-14H,15H2,1-2H3,(H,29,32). The van der Waals surface area contributed by atoms with Crippen LogP contribution in [0.5, 0.6) is 5.88 Å². The fourth-order valence-corrected chi connectivity index (χ4v) is 3.94. The molecule has 0 saturated heterocycles. The minimum absolute atomic E-state index is 0.228. The van der Waals surface area contributed by atoms with E-state index >= 15 is 0 Å². The maximum absolute atomic E-state index is 13.0. The molecule has 0 fully saturated rings. The Morgan fingerprint density at radius 1 is 0.972 bits per heavy atom. The topological polar surface area (TPSA) is 113 Å². The van der Waals surface area contributed by atoms with Gasteiger partial charge >= 0.3 is 5.97 Å². The van der Waals surface area contributed by atoms with E-state index in [0.717, 1.165) is 16.5 Å². The molecule has 0 aliphatic carbocycles. The van der Waals surface area contributed by atoms with Gasteiger partial charge in [0.05, 0.1) is 7.11 Å². The molecule has 36 heavy (non-hydrogen) atoms. The van der Waals surface area contributed by atoms with Gasteiger partial charge in [0.2, 0.25) is 5.88 Å². The van der Waals surface area contributed by atoms with Crippen LogP contribution in [-0.4, -0.2) is 35.1 Å². The van der Waals surface area contributed by atoms with E-state index in [-0.39, 0.29) is 12.2 Å². The zero-order valence-corrected chi connectivity index (χ0v) is 19.5. The first-order valence-electron chi connectivity index (χ1n) is 11.1. The second kappa shape index (κ2) is 9.38. The highest BCUT2D eigenvalue weighted by Crippen LogP contribution is 2.33. The van der Waals surface area contributed by atoms with Crippen molar-refractivity contribution in [3.8, 4) is 22.7 Å². The van der Waals surface area contributed by atoms with Crippen molar-refractivity contribution < 1.29 is 23.5 Å². The number of nitrogens with one attached hydrogen (secondary N) is 1. The summed E-state index contributed by atoms with van der Waals surface area (Å²) in [5.74, 6) is -0.473. The summed E-state index contributed by atoms with van der Waals surface area (Å²) in [6.07, 6.45) is 1.73. The van der Waals surface area contributed by atoms with Gasteiger partial charge in [-0.05, 0) is 54.1 Å². The number of carbonyl (C=O) groups excluding carboxylic acids is 2. The first-order valence-corrected chi connectivity index (χ1v) is 11.1. The summed E-state index contributed by atoms with van der Waals surface area (Å²) in [5.41, 5.74) is 4.52. The number of methoxy groups -OCH3 is 1. The monoisotopic (exact) mass is 483 g/mol. The van der Waals surface area contributed by atoms with Crippen LogP contribution in [-0.2, 0) is 14.3 Å². The van der Waals surface area contributed by atoms with Gasteiger partial charge in [-0.3, -0.25) is 19.0 Å². The summed E-state index contributed by atoms with van der Waals surface area (Å²) in [4.78, 5) is 40.1. The highest BCUT2D eigenvalue weighted by atomic mass is 16.5. The van der Waals surface area contributed by atoms with Gasteiger partial charge in [-0.1, -0.05) is 6.07 Å². The number of pyridine rings is 2. The summed E-state index contributed by atoms with van der Waals surface area (Å²) in [6, 6.07) is 19.4. The van der Waals surface area contributed by atoms with E-state index in [4.69, 9.17) is 13.9 Å². The molecule has 0 unspecified atom stereocenters. The number of aromatic nitrogens is 2. The van der Waals surface area contributed by atoms with Crippen LogP contribution >= 0.6 is 0 Å². The molecule has 9 heteroatoms. The number of hydrogen-bond acceptors (Lipinski definition) is 7. The number of anilines is 1. The van der Waals surface area contributed by atoms with Crippen molar-refractivity contribution in [2.45, 2.75) is 6.92 Å². The molecular formula is C27H21N3O6. The summed E-state index contributed by atoms with van der Waals surface area (Å²) in [7, 11) is 1.56. The molecule has 3 aromatic heterocycles. The quantitative estimate of drug-likeness (QED) is 0.358. The van der Waals surface area contributed by atoms with Crippen LogP contribution in [0.3, 0.4) is 0 Å². The number of fused-ring (bicyclic) bond motifs is 3. The van der Waals surface area contributed by atoms with Crippen LogP contribution in [0.25, 0.3) is 38.9 Å². The fraction of sp³-hybridized carbons (Fsp3) is 0.111. The Morgan fingerprint density at radius 2 is 1.72 bits per heavy atom. The average Bonchev–Trinajstić information content (AvgIpc) is 3.26. The Bertz CT molecular complexity index is 1650. The number of ether oxygens (including phenoxy) is 2. The zero-order chi connectivity index (χ0) is 25.2. The van der Waals surface area contributed by atoms with Gasteiger partial charge < -0.3 is 19.2 Å². The Labute approximate surface area is 204 Å². The zero-order valence-electron chi connectivity index (χ0n) is 19.5. The summed E-state index contributed by atoms with van der Waals surface area (Å²) in [6.45, 7) is 0.861.